The van der Waals surface area contributed by atoms with Crippen molar-refractivity contribution >= 4 is 40.9 Å². The standard InChI is InChI=1S/C18H15ClN2O7/c1-27-16-8-11(2-6-15(16)22)3-7-18(24)28-10-17(23)20-14-9-12(21(25)26)4-5-13(14)19/h2-9,22H,10H2,1H3,(H,20,23)/b7-3+. The summed E-state index contributed by atoms with van der Waals surface area (Å²) in [6.45, 7) is -0.610. The van der Waals surface area contributed by atoms with Gasteiger partial charge >= 0.3 is 5.97 Å². The number of nitrogens with zero attached hydrogens (tertiary/aromatic N) is 1. The summed E-state index contributed by atoms with van der Waals surface area (Å²) in [6.07, 6.45) is 2.51. The molecule has 2 aromatic carbocycles. The Hall–Kier alpha value is -3.59. The summed E-state index contributed by atoms with van der Waals surface area (Å²) >= 11 is 5.88. The molecule has 0 aliphatic heterocycles. The van der Waals surface area contributed by atoms with Crippen LogP contribution in [-0.2, 0) is 14.3 Å². The Balaban J connectivity index is 1.91. The number of anilines is 1. The minimum atomic E-state index is -0.785. The van der Waals surface area contributed by atoms with Crippen LogP contribution in [0.3, 0.4) is 0 Å². The first kappa shape index (κ1) is 20.7. The third-order valence-corrected chi connectivity index (χ3v) is 3.73. The van der Waals surface area contributed by atoms with Crippen molar-refractivity contribution in [3.8, 4) is 11.5 Å². The van der Waals surface area contributed by atoms with Crippen molar-refractivity contribution in [2.75, 3.05) is 19.0 Å². The molecule has 0 saturated carbocycles. The van der Waals surface area contributed by atoms with Gasteiger partial charge in [0.05, 0.1) is 22.7 Å². The number of esters is 1. The van der Waals surface area contributed by atoms with E-state index in [4.69, 9.17) is 21.1 Å². The Bertz CT molecular complexity index is 944. The van der Waals surface area contributed by atoms with Crippen LogP contribution in [0.15, 0.2) is 42.5 Å². The maximum absolute atomic E-state index is 11.9. The average molecular weight is 407 g/mol. The van der Waals surface area contributed by atoms with Gasteiger partial charge in [-0.05, 0) is 29.8 Å². The number of amides is 1. The van der Waals surface area contributed by atoms with Gasteiger partial charge in [-0.25, -0.2) is 4.79 Å². The van der Waals surface area contributed by atoms with Crippen LogP contribution in [0.4, 0.5) is 11.4 Å². The molecule has 28 heavy (non-hydrogen) atoms. The zero-order valence-electron chi connectivity index (χ0n) is 14.5. The van der Waals surface area contributed by atoms with Crippen molar-refractivity contribution in [1.82, 2.24) is 0 Å². The topological polar surface area (TPSA) is 128 Å². The van der Waals surface area contributed by atoms with Crippen LogP contribution in [0.5, 0.6) is 11.5 Å². The molecular weight excluding hydrogens is 392 g/mol. The summed E-state index contributed by atoms with van der Waals surface area (Å²) in [5, 5.41) is 22.7. The SMILES string of the molecule is COc1cc(/C=C/C(=O)OCC(=O)Nc2cc([N+](=O)[O-])ccc2Cl)ccc1O. The number of nitro benzene ring substituents is 1. The second-order valence-corrected chi connectivity index (χ2v) is 5.75. The maximum atomic E-state index is 11.9. The largest absolute Gasteiger partial charge is 0.504 e. The lowest BCUT2D eigenvalue weighted by Gasteiger charge is -2.07. The van der Waals surface area contributed by atoms with E-state index in [1.165, 1.54) is 37.5 Å². The fraction of sp³-hybridized carbons (Fsp3) is 0.111. The summed E-state index contributed by atoms with van der Waals surface area (Å²) in [7, 11) is 1.39. The van der Waals surface area contributed by atoms with Crippen LogP contribution in [0.1, 0.15) is 5.56 Å². The molecule has 9 nitrogen and oxygen atoms in total. The molecule has 146 valence electrons. The monoisotopic (exact) mass is 406 g/mol. The minimum Gasteiger partial charge on any atom is -0.504 e. The van der Waals surface area contributed by atoms with Gasteiger partial charge in [-0.3, -0.25) is 14.9 Å². The maximum Gasteiger partial charge on any atom is 0.331 e. The number of rotatable bonds is 7. The molecule has 2 N–H and O–H groups in total. The van der Waals surface area contributed by atoms with Crippen molar-refractivity contribution < 1.29 is 29.1 Å². The van der Waals surface area contributed by atoms with Crippen LogP contribution >= 0.6 is 11.6 Å². The summed E-state index contributed by atoms with van der Waals surface area (Å²) in [6, 6.07) is 8.03. The van der Waals surface area contributed by atoms with Gasteiger partial charge in [0, 0.05) is 18.2 Å². The highest BCUT2D eigenvalue weighted by Gasteiger charge is 2.13. The van der Waals surface area contributed by atoms with E-state index in [9.17, 15) is 24.8 Å². The molecule has 10 heteroatoms. The smallest absolute Gasteiger partial charge is 0.331 e. The molecule has 0 atom stereocenters. The first-order valence-corrected chi connectivity index (χ1v) is 8.13. The Morgan fingerprint density at radius 3 is 2.71 bits per heavy atom. The number of phenols is 1. The van der Waals surface area contributed by atoms with E-state index in [1.807, 2.05) is 0 Å². The van der Waals surface area contributed by atoms with Gasteiger partial charge in [0.1, 0.15) is 0 Å². The average Bonchev–Trinajstić information content (AvgIpc) is 2.67. The number of phenolic OH excluding ortho intramolecular Hbond substituents is 1. The summed E-state index contributed by atoms with van der Waals surface area (Å²) in [5.74, 6) is -1.30. The number of methoxy groups -OCH3 is 1. The number of ether oxygens (including phenoxy) is 2. The molecule has 0 saturated heterocycles. The van der Waals surface area contributed by atoms with E-state index in [0.29, 0.717) is 5.56 Å². The molecule has 0 aromatic heterocycles. The highest BCUT2D eigenvalue weighted by molar-refractivity contribution is 6.33. The zero-order chi connectivity index (χ0) is 20.7. The number of nitrogens with one attached hydrogen (secondary N) is 1. The van der Waals surface area contributed by atoms with E-state index in [0.717, 1.165) is 12.1 Å². The normalized spacial score (nSPS) is 10.5. The Morgan fingerprint density at radius 2 is 2.04 bits per heavy atom. The third-order valence-electron chi connectivity index (χ3n) is 3.40. The highest BCUT2D eigenvalue weighted by atomic mass is 35.5. The molecule has 0 fully saturated rings. The number of aromatic hydroxyl groups is 1. The van der Waals surface area contributed by atoms with E-state index >= 15 is 0 Å². The molecule has 0 unspecified atom stereocenters. The molecule has 0 heterocycles. The van der Waals surface area contributed by atoms with E-state index in [2.05, 4.69) is 5.32 Å². The van der Waals surface area contributed by atoms with Gasteiger partial charge in [0.2, 0.25) is 0 Å². The lowest BCUT2D eigenvalue weighted by Crippen LogP contribution is -2.20. The lowest BCUT2D eigenvalue weighted by molar-refractivity contribution is -0.384. The summed E-state index contributed by atoms with van der Waals surface area (Å²) in [4.78, 5) is 33.7. The molecule has 0 radical (unpaired) electrons. The van der Waals surface area contributed by atoms with Crippen LogP contribution < -0.4 is 10.1 Å². The lowest BCUT2D eigenvalue weighted by atomic mass is 10.2. The molecule has 0 aliphatic carbocycles. The number of halogens is 1. The van der Waals surface area contributed by atoms with Crippen LogP contribution in [0.2, 0.25) is 5.02 Å². The van der Waals surface area contributed by atoms with Gasteiger partial charge in [-0.15, -0.1) is 0 Å². The summed E-state index contributed by atoms with van der Waals surface area (Å²) in [5.41, 5.74) is 0.354. The second kappa shape index (κ2) is 9.38. The van der Waals surface area contributed by atoms with Crippen molar-refractivity contribution in [2.45, 2.75) is 0 Å². The number of benzene rings is 2. The predicted molar refractivity (Wildman–Crippen MR) is 101 cm³/mol. The Labute approximate surface area is 164 Å². The van der Waals surface area contributed by atoms with Crippen molar-refractivity contribution in [2.24, 2.45) is 0 Å². The second-order valence-electron chi connectivity index (χ2n) is 5.34. The van der Waals surface area contributed by atoms with Gasteiger partial charge in [-0.2, -0.15) is 0 Å². The molecular formula is C18H15ClN2O7. The third kappa shape index (κ3) is 5.71. The van der Waals surface area contributed by atoms with Gasteiger partial charge in [-0.1, -0.05) is 17.7 Å². The van der Waals surface area contributed by atoms with E-state index in [-0.39, 0.29) is 27.9 Å². The molecule has 1 amide bonds. The zero-order valence-corrected chi connectivity index (χ0v) is 15.3. The Kier molecular flexibility index (Phi) is 6.94. The van der Waals surface area contributed by atoms with Crippen molar-refractivity contribution in [3.05, 3.63) is 63.2 Å². The number of carbonyl (C=O) groups excluding carboxylic acids is 2. The molecule has 0 aliphatic rings. The fourth-order valence-corrected chi connectivity index (χ4v) is 2.22. The molecule has 0 spiro atoms. The molecule has 0 bridgehead atoms. The van der Waals surface area contributed by atoms with Crippen LogP contribution in [-0.4, -0.2) is 35.6 Å². The predicted octanol–water partition coefficient (Wildman–Crippen LogP) is 3.16. The van der Waals surface area contributed by atoms with Gasteiger partial charge < -0.3 is 19.9 Å². The van der Waals surface area contributed by atoms with E-state index < -0.39 is 23.4 Å². The van der Waals surface area contributed by atoms with Crippen molar-refractivity contribution in [1.29, 1.82) is 0 Å². The quantitative estimate of drug-likeness (QED) is 0.313. The molecule has 2 rings (SSSR count). The Morgan fingerprint density at radius 1 is 1.29 bits per heavy atom. The number of nitro groups is 1. The van der Waals surface area contributed by atoms with Gasteiger partial charge in [0.25, 0.3) is 11.6 Å². The number of carbonyl (C=O) groups is 2. The first-order chi connectivity index (χ1) is 13.3. The minimum absolute atomic E-state index is 0.0312. The number of non-ortho nitro benzene ring substituents is 1. The number of hydrogen-bond acceptors (Lipinski definition) is 7. The highest BCUT2D eigenvalue weighted by Crippen LogP contribution is 2.27. The van der Waals surface area contributed by atoms with Crippen LogP contribution in [0, 0.1) is 10.1 Å². The first-order valence-electron chi connectivity index (χ1n) is 7.76. The number of hydrogen-bond donors (Lipinski definition) is 2. The van der Waals surface area contributed by atoms with Gasteiger partial charge in [0.15, 0.2) is 18.1 Å². The van der Waals surface area contributed by atoms with Crippen molar-refractivity contribution in [3.63, 3.8) is 0 Å². The summed E-state index contributed by atoms with van der Waals surface area (Å²) < 4.78 is 9.76. The van der Waals surface area contributed by atoms with E-state index in [1.54, 1.807) is 6.07 Å². The fourth-order valence-electron chi connectivity index (χ4n) is 2.06. The molecule has 2 aromatic rings. The van der Waals surface area contributed by atoms with Crippen LogP contribution in [0.25, 0.3) is 6.08 Å².